The van der Waals surface area contributed by atoms with E-state index in [9.17, 15) is 13.2 Å². The van der Waals surface area contributed by atoms with E-state index in [1.807, 2.05) is 0 Å². The molecule has 2 bridgehead atoms. The predicted octanol–water partition coefficient (Wildman–Crippen LogP) is 0.904. The van der Waals surface area contributed by atoms with Crippen molar-refractivity contribution in [3.05, 3.63) is 29.8 Å². The van der Waals surface area contributed by atoms with Crippen molar-refractivity contribution >= 4 is 27.7 Å². The molecule has 132 valence electrons. The Bertz CT molecular complexity index is 691. The lowest BCUT2D eigenvalue weighted by molar-refractivity contribution is 0.0956. The van der Waals surface area contributed by atoms with Gasteiger partial charge in [0.15, 0.2) is 0 Å². The lowest BCUT2D eigenvalue weighted by Crippen LogP contribution is -2.46. The molecule has 0 unspecified atom stereocenters. The van der Waals surface area contributed by atoms with Crippen LogP contribution in [0.5, 0.6) is 0 Å². The van der Waals surface area contributed by atoms with Crippen LogP contribution >= 0.6 is 11.8 Å². The highest BCUT2D eigenvalue weighted by Crippen LogP contribution is 2.29. The number of thioether (sulfide) groups is 1. The fourth-order valence-electron chi connectivity index (χ4n) is 3.21. The molecule has 2 aliphatic heterocycles. The summed E-state index contributed by atoms with van der Waals surface area (Å²) in [6, 6.07) is 6.56. The molecule has 2 saturated heterocycles. The van der Waals surface area contributed by atoms with Crippen LogP contribution in [0, 0.1) is 0 Å². The maximum Gasteiger partial charge on any atom is 0.251 e. The number of hydrogen-bond donors (Lipinski definition) is 2. The Morgan fingerprint density at radius 3 is 2.71 bits per heavy atom. The molecule has 1 aromatic carbocycles. The zero-order valence-electron chi connectivity index (χ0n) is 13.7. The van der Waals surface area contributed by atoms with Gasteiger partial charge in [0.05, 0.1) is 4.90 Å². The SMILES string of the molecule is CCSCCNC(=O)c1ccc(S(=O)(=O)N2C[C@H]3C[C@@H]2CN3)cc1. The van der Waals surface area contributed by atoms with Crippen molar-refractivity contribution in [3.63, 3.8) is 0 Å². The van der Waals surface area contributed by atoms with E-state index in [4.69, 9.17) is 0 Å². The number of rotatable bonds is 7. The summed E-state index contributed by atoms with van der Waals surface area (Å²) in [6.45, 7) is 3.94. The zero-order valence-corrected chi connectivity index (χ0v) is 15.3. The van der Waals surface area contributed by atoms with Crippen LogP contribution in [-0.4, -0.2) is 61.9 Å². The lowest BCUT2D eigenvalue weighted by atomic mass is 10.2. The molecular formula is C16H23N3O3S2. The van der Waals surface area contributed by atoms with Gasteiger partial charge in [0, 0.05) is 43.0 Å². The standard InChI is InChI=1S/C16H23N3O3S2/c1-2-23-8-7-17-16(20)12-3-5-15(6-4-12)24(21,22)19-11-13-9-14(19)10-18-13/h3-6,13-14,18H,2,7-11H2,1H3,(H,17,20)/t13-,14-/m1/s1. The summed E-state index contributed by atoms with van der Waals surface area (Å²) in [5.74, 6) is 1.73. The second kappa shape index (κ2) is 7.43. The van der Waals surface area contributed by atoms with Gasteiger partial charge in [-0.3, -0.25) is 4.79 Å². The van der Waals surface area contributed by atoms with E-state index in [1.54, 1.807) is 28.2 Å². The Balaban J connectivity index is 1.64. The number of carbonyl (C=O) groups excluding carboxylic acids is 1. The van der Waals surface area contributed by atoms with Crippen molar-refractivity contribution in [2.75, 3.05) is 31.1 Å². The molecule has 3 rings (SSSR count). The number of piperazine rings is 1. The van der Waals surface area contributed by atoms with Crippen LogP contribution in [0.15, 0.2) is 29.2 Å². The minimum absolute atomic E-state index is 0.0547. The normalized spacial score (nSPS) is 23.5. The molecule has 0 aromatic heterocycles. The molecule has 0 saturated carbocycles. The first-order chi connectivity index (χ1) is 11.5. The van der Waals surface area contributed by atoms with E-state index in [2.05, 4.69) is 17.6 Å². The third-order valence-corrected chi connectivity index (χ3v) is 7.30. The van der Waals surface area contributed by atoms with Gasteiger partial charge >= 0.3 is 0 Å². The molecule has 1 aromatic rings. The Kier molecular flexibility index (Phi) is 5.49. The van der Waals surface area contributed by atoms with E-state index in [0.29, 0.717) is 18.7 Å². The number of fused-ring (bicyclic) bond motifs is 2. The number of carbonyl (C=O) groups is 1. The molecule has 2 aliphatic rings. The van der Waals surface area contributed by atoms with Gasteiger partial charge in [-0.15, -0.1) is 0 Å². The van der Waals surface area contributed by atoms with Gasteiger partial charge in [-0.1, -0.05) is 6.92 Å². The molecule has 0 radical (unpaired) electrons. The van der Waals surface area contributed by atoms with Gasteiger partial charge in [-0.2, -0.15) is 16.1 Å². The van der Waals surface area contributed by atoms with Crippen LogP contribution in [0.2, 0.25) is 0 Å². The summed E-state index contributed by atoms with van der Waals surface area (Å²) in [6.07, 6.45) is 0.884. The number of nitrogens with one attached hydrogen (secondary N) is 2. The van der Waals surface area contributed by atoms with Crippen molar-refractivity contribution in [3.8, 4) is 0 Å². The van der Waals surface area contributed by atoms with Crippen LogP contribution in [0.1, 0.15) is 23.7 Å². The highest BCUT2D eigenvalue weighted by molar-refractivity contribution is 7.99. The molecule has 0 aliphatic carbocycles. The van der Waals surface area contributed by atoms with Crippen molar-refractivity contribution in [1.29, 1.82) is 0 Å². The Hall–Kier alpha value is -1.09. The summed E-state index contributed by atoms with van der Waals surface area (Å²) >= 11 is 1.77. The van der Waals surface area contributed by atoms with Crippen molar-refractivity contribution in [2.24, 2.45) is 0 Å². The molecule has 8 heteroatoms. The lowest BCUT2D eigenvalue weighted by Gasteiger charge is -2.26. The van der Waals surface area contributed by atoms with Crippen molar-refractivity contribution in [2.45, 2.75) is 30.3 Å². The van der Waals surface area contributed by atoms with E-state index in [0.717, 1.165) is 24.5 Å². The number of hydrogen-bond acceptors (Lipinski definition) is 5. The molecule has 0 spiro atoms. The average Bonchev–Trinajstić information content (AvgIpc) is 3.22. The second-order valence-electron chi connectivity index (χ2n) is 6.05. The molecule has 6 nitrogen and oxygen atoms in total. The van der Waals surface area contributed by atoms with E-state index >= 15 is 0 Å². The third-order valence-electron chi connectivity index (χ3n) is 4.47. The molecule has 2 N–H and O–H groups in total. The number of sulfonamides is 1. The second-order valence-corrected chi connectivity index (χ2v) is 9.33. The first-order valence-corrected chi connectivity index (χ1v) is 10.8. The van der Waals surface area contributed by atoms with E-state index in [1.165, 1.54) is 12.1 Å². The minimum atomic E-state index is -3.48. The number of nitrogens with zero attached hydrogens (tertiary/aromatic N) is 1. The van der Waals surface area contributed by atoms with Crippen LogP contribution in [0.4, 0.5) is 0 Å². The molecule has 2 fully saturated rings. The monoisotopic (exact) mass is 369 g/mol. The molecule has 2 heterocycles. The fourth-order valence-corrected chi connectivity index (χ4v) is 5.43. The van der Waals surface area contributed by atoms with Gasteiger partial charge < -0.3 is 10.6 Å². The van der Waals surface area contributed by atoms with Crippen molar-refractivity contribution < 1.29 is 13.2 Å². The maximum absolute atomic E-state index is 12.7. The van der Waals surface area contributed by atoms with Crippen LogP contribution in [0.3, 0.4) is 0 Å². The van der Waals surface area contributed by atoms with Crippen LogP contribution in [-0.2, 0) is 10.0 Å². The fraction of sp³-hybridized carbons (Fsp3) is 0.562. The molecule has 24 heavy (non-hydrogen) atoms. The van der Waals surface area contributed by atoms with Gasteiger partial charge in [-0.05, 0) is 36.4 Å². The van der Waals surface area contributed by atoms with E-state index < -0.39 is 10.0 Å². The van der Waals surface area contributed by atoms with Gasteiger partial charge in [0.25, 0.3) is 5.91 Å². The zero-order chi connectivity index (χ0) is 17.2. The Morgan fingerprint density at radius 1 is 1.38 bits per heavy atom. The molecule has 1 amide bonds. The van der Waals surface area contributed by atoms with Gasteiger partial charge in [0.1, 0.15) is 0 Å². The number of amides is 1. The summed E-state index contributed by atoms with van der Waals surface area (Å²) in [5, 5.41) is 6.14. The minimum Gasteiger partial charge on any atom is -0.351 e. The Labute approximate surface area is 147 Å². The highest BCUT2D eigenvalue weighted by Gasteiger charge is 2.44. The first-order valence-electron chi connectivity index (χ1n) is 8.23. The maximum atomic E-state index is 12.7. The smallest absolute Gasteiger partial charge is 0.251 e. The largest absolute Gasteiger partial charge is 0.351 e. The summed E-state index contributed by atoms with van der Waals surface area (Å²) in [4.78, 5) is 12.3. The van der Waals surface area contributed by atoms with Crippen molar-refractivity contribution in [1.82, 2.24) is 14.9 Å². The molecule has 2 atom stereocenters. The van der Waals surface area contributed by atoms with Gasteiger partial charge in [-0.25, -0.2) is 8.42 Å². The average molecular weight is 370 g/mol. The number of benzene rings is 1. The predicted molar refractivity (Wildman–Crippen MR) is 95.9 cm³/mol. The van der Waals surface area contributed by atoms with Crippen LogP contribution in [0.25, 0.3) is 0 Å². The first kappa shape index (κ1) is 17.7. The van der Waals surface area contributed by atoms with E-state index in [-0.39, 0.29) is 22.9 Å². The molecular weight excluding hydrogens is 346 g/mol. The summed E-state index contributed by atoms with van der Waals surface area (Å²) in [7, 11) is -3.48. The van der Waals surface area contributed by atoms with Crippen LogP contribution < -0.4 is 10.6 Å². The summed E-state index contributed by atoms with van der Waals surface area (Å²) < 4.78 is 27.1. The highest BCUT2D eigenvalue weighted by atomic mass is 32.2. The Morgan fingerprint density at radius 2 is 2.12 bits per heavy atom. The third kappa shape index (κ3) is 3.61. The quantitative estimate of drug-likeness (QED) is 0.699. The summed E-state index contributed by atoms with van der Waals surface area (Å²) in [5.41, 5.74) is 0.486. The van der Waals surface area contributed by atoms with Gasteiger partial charge in [0.2, 0.25) is 10.0 Å². The topological polar surface area (TPSA) is 78.5 Å².